The number of carbonyl (C=O) groups excluding carboxylic acids is 1. The molecule has 0 aliphatic carbocycles. The summed E-state index contributed by atoms with van der Waals surface area (Å²) < 4.78 is 0. The zero-order valence-electron chi connectivity index (χ0n) is 13.6. The van der Waals surface area contributed by atoms with Crippen molar-refractivity contribution in [1.82, 2.24) is 14.9 Å². The van der Waals surface area contributed by atoms with Crippen LogP contribution in [0.2, 0.25) is 0 Å². The molecular weight excluding hydrogens is 298 g/mol. The molecule has 1 aliphatic rings. The van der Waals surface area contributed by atoms with E-state index in [0.29, 0.717) is 18.2 Å². The minimum absolute atomic E-state index is 0.219. The van der Waals surface area contributed by atoms with Gasteiger partial charge in [-0.1, -0.05) is 25.1 Å². The zero-order chi connectivity index (χ0) is 16.1. The second-order valence-electron chi connectivity index (χ2n) is 5.86. The highest BCUT2D eigenvalue weighted by Crippen LogP contribution is 2.23. The molecule has 0 bridgehead atoms. The number of anilines is 2. The van der Waals surface area contributed by atoms with E-state index in [2.05, 4.69) is 21.8 Å². The molecule has 1 atom stereocenters. The van der Waals surface area contributed by atoms with E-state index in [1.807, 2.05) is 14.1 Å². The molecule has 2 N–H and O–H groups in total. The van der Waals surface area contributed by atoms with Gasteiger partial charge in [0.25, 0.3) is 0 Å². The van der Waals surface area contributed by atoms with Gasteiger partial charge in [-0.25, -0.2) is 9.97 Å². The minimum Gasteiger partial charge on any atom is -0.383 e. The average molecular weight is 323 g/mol. The van der Waals surface area contributed by atoms with E-state index in [0.717, 1.165) is 42.7 Å². The summed E-state index contributed by atoms with van der Waals surface area (Å²) in [4.78, 5) is 24.3. The monoisotopic (exact) mass is 323 g/mol. The summed E-state index contributed by atoms with van der Waals surface area (Å²) in [5, 5.41) is 0.731. The van der Waals surface area contributed by atoms with E-state index >= 15 is 0 Å². The topological polar surface area (TPSA) is 75.3 Å². The summed E-state index contributed by atoms with van der Waals surface area (Å²) in [6.07, 6.45) is 2.91. The molecule has 2 heterocycles. The van der Waals surface area contributed by atoms with Gasteiger partial charge in [0.05, 0.1) is 0 Å². The molecule has 6 nitrogen and oxygen atoms in total. The van der Waals surface area contributed by atoms with Crippen LogP contribution in [0.5, 0.6) is 0 Å². The van der Waals surface area contributed by atoms with Crippen LogP contribution in [0.25, 0.3) is 0 Å². The first-order valence-corrected chi connectivity index (χ1v) is 8.70. The first-order chi connectivity index (χ1) is 10.5. The fourth-order valence-electron chi connectivity index (χ4n) is 2.56. The Kier molecular flexibility index (Phi) is 5.88. The van der Waals surface area contributed by atoms with E-state index in [-0.39, 0.29) is 5.91 Å². The third kappa shape index (κ3) is 4.50. The Morgan fingerprint density at radius 1 is 1.50 bits per heavy atom. The van der Waals surface area contributed by atoms with Gasteiger partial charge in [0.1, 0.15) is 11.6 Å². The Hall–Kier alpha value is -1.50. The highest BCUT2D eigenvalue weighted by molar-refractivity contribution is 7.99. The smallest absolute Gasteiger partial charge is 0.222 e. The number of hydrogen-bond acceptors (Lipinski definition) is 6. The Labute approximate surface area is 136 Å². The number of amides is 1. The van der Waals surface area contributed by atoms with Crippen LogP contribution in [0.1, 0.15) is 26.2 Å². The Morgan fingerprint density at radius 2 is 2.27 bits per heavy atom. The molecule has 7 heteroatoms. The molecular formula is C15H25N5OS. The van der Waals surface area contributed by atoms with Crippen LogP contribution >= 0.6 is 11.8 Å². The van der Waals surface area contributed by atoms with Gasteiger partial charge in [-0.2, -0.15) is 0 Å². The molecule has 0 aromatic carbocycles. The molecule has 1 amide bonds. The van der Waals surface area contributed by atoms with Crippen molar-refractivity contribution < 1.29 is 4.79 Å². The molecule has 1 saturated heterocycles. The van der Waals surface area contributed by atoms with Crippen LogP contribution in [-0.2, 0) is 4.79 Å². The van der Waals surface area contributed by atoms with Crippen LogP contribution in [0.4, 0.5) is 11.6 Å². The summed E-state index contributed by atoms with van der Waals surface area (Å²) in [7, 11) is 3.85. The van der Waals surface area contributed by atoms with Crippen LogP contribution in [0.15, 0.2) is 11.2 Å². The van der Waals surface area contributed by atoms with Crippen molar-refractivity contribution in [3.05, 3.63) is 6.07 Å². The summed E-state index contributed by atoms with van der Waals surface area (Å²) in [5.41, 5.74) is 5.90. The Balaban J connectivity index is 1.99. The predicted molar refractivity (Wildman–Crippen MR) is 91.1 cm³/mol. The fraction of sp³-hybridized carbons (Fsp3) is 0.667. The van der Waals surface area contributed by atoms with E-state index in [1.54, 1.807) is 22.7 Å². The quantitative estimate of drug-likeness (QED) is 0.469. The van der Waals surface area contributed by atoms with E-state index in [1.165, 1.54) is 0 Å². The van der Waals surface area contributed by atoms with Gasteiger partial charge in [-0.05, 0) is 6.42 Å². The van der Waals surface area contributed by atoms with Gasteiger partial charge in [0, 0.05) is 51.3 Å². The summed E-state index contributed by atoms with van der Waals surface area (Å²) in [6.45, 7) is 3.77. The largest absolute Gasteiger partial charge is 0.383 e. The molecule has 0 spiro atoms. The highest BCUT2D eigenvalue weighted by Gasteiger charge is 2.27. The van der Waals surface area contributed by atoms with Gasteiger partial charge in [0.15, 0.2) is 5.16 Å². The first-order valence-electron chi connectivity index (χ1n) is 7.72. The first kappa shape index (κ1) is 16.9. The van der Waals surface area contributed by atoms with E-state index < -0.39 is 0 Å². The maximum Gasteiger partial charge on any atom is 0.222 e. The predicted octanol–water partition coefficient (Wildman–Crippen LogP) is 1.87. The molecule has 122 valence electrons. The summed E-state index contributed by atoms with van der Waals surface area (Å²) in [5.74, 6) is 2.89. The molecule has 1 aromatic rings. The number of unbranched alkanes of at least 4 members (excludes halogenated alkanes) is 1. The molecule has 0 radical (unpaired) electrons. The highest BCUT2D eigenvalue weighted by atomic mass is 32.2. The molecule has 2 rings (SSSR count). The lowest BCUT2D eigenvalue weighted by atomic mass is 10.1. The van der Waals surface area contributed by atoms with E-state index in [9.17, 15) is 4.79 Å². The van der Waals surface area contributed by atoms with Crippen molar-refractivity contribution in [2.24, 2.45) is 5.92 Å². The fourth-order valence-corrected chi connectivity index (χ4v) is 3.50. The second kappa shape index (κ2) is 7.67. The van der Waals surface area contributed by atoms with Crippen molar-refractivity contribution in [1.29, 1.82) is 0 Å². The number of carbonyl (C=O) groups is 1. The number of nitrogens with two attached hydrogens (primary N) is 1. The lowest BCUT2D eigenvalue weighted by Crippen LogP contribution is -2.28. The Bertz CT molecular complexity index is 525. The van der Waals surface area contributed by atoms with Gasteiger partial charge < -0.3 is 15.5 Å². The number of thioether (sulfide) groups is 1. The molecule has 1 aliphatic heterocycles. The zero-order valence-corrected chi connectivity index (χ0v) is 14.4. The number of nitrogens with zero attached hydrogens (tertiary/aromatic N) is 4. The standard InChI is InChI=1S/C15H25N5OS/c1-4-5-6-22-15-17-12(16)8-13(18-15)19(2)9-11-7-14(21)20(3)10-11/h8,11H,4-7,9-10H2,1-3H3,(H2,16,17,18)/t11-/m0/s1. The summed E-state index contributed by atoms with van der Waals surface area (Å²) in [6, 6.07) is 1.80. The third-order valence-corrected chi connectivity index (χ3v) is 4.72. The van der Waals surface area contributed by atoms with E-state index in [4.69, 9.17) is 5.73 Å². The Morgan fingerprint density at radius 3 is 2.91 bits per heavy atom. The number of aromatic nitrogens is 2. The molecule has 1 fully saturated rings. The van der Waals surface area contributed by atoms with Crippen molar-refractivity contribution in [3.63, 3.8) is 0 Å². The lowest BCUT2D eigenvalue weighted by Gasteiger charge is -2.22. The van der Waals surface area contributed by atoms with Crippen LogP contribution in [0.3, 0.4) is 0 Å². The molecule has 0 unspecified atom stereocenters. The second-order valence-corrected chi connectivity index (χ2v) is 6.92. The minimum atomic E-state index is 0.219. The molecule has 1 aromatic heterocycles. The summed E-state index contributed by atoms with van der Waals surface area (Å²) >= 11 is 1.64. The van der Waals surface area contributed by atoms with Crippen LogP contribution in [0, 0.1) is 5.92 Å². The molecule has 22 heavy (non-hydrogen) atoms. The van der Waals surface area contributed by atoms with Gasteiger partial charge in [-0.15, -0.1) is 0 Å². The van der Waals surface area contributed by atoms with Crippen molar-refractivity contribution in [2.75, 3.05) is 43.6 Å². The number of rotatable bonds is 7. The average Bonchev–Trinajstić information content (AvgIpc) is 2.77. The maximum absolute atomic E-state index is 11.6. The van der Waals surface area contributed by atoms with Gasteiger partial charge >= 0.3 is 0 Å². The third-order valence-electron chi connectivity index (χ3n) is 3.79. The number of nitrogen functional groups attached to an aromatic ring is 1. The van der Waals surface area contributed by atoms with Gasteiger partial charge in [0.2, 0.25) is 5.91 Å². The van der Waals surface area contributed by atoms with Crippen molar-refractivity contribution in [2.45, 2.75) is 31.3 Å². The lowest BCUT2D eigenvalue weighted by molar-refractivity contribution is -0.126. The number of hydrogen-bond donors (Lipinski definition) is 1. The van der Waals surface area contributed by atoms with Gasteiger partial charge in [-0.3, -0.25) is 4.79 Å². The van der Waals surface area contributed by atoms with Crippen LogP contribution < -0.4 is 10.6 Å². The van der Waals surface area contributed by atoms with Crippen molar-refractivity contribution in [3.8, 4) is 0 Å². The van der Waals surface area contributed by atoms with Crippen LogP contribution in [-0.4, -0.2) is 53.7 Å². The normalized spacial score (nSPS) is 18.0. The SMILES string of the molecule is CCCCSc1nc(N)cc(N(C)C[C@@H]2CC(=O)N(C)C2)n1. The maximum atomic E-state index is 11.6. The molecule has 0 saturated carbocycles. The number of likely N-dealkylation sites (tertiary alicyclic amines) is 1. The van der Waals surface area contributed by atoms with Crippen molar-refractivity contribution >= 4 is 29.3 Å².